The second kappa shape index (κ2) is 4.96. The molecule has 0 spiro atoms. The minimum atomic E-state index is -0.0848. The van der Waals surface area contributed by atoms with E-state index in [2.05, 4.69) is 11.4 Å². The average Bonchev–Trinajstić information content (AvgIpc) is 2.69. The first-order valence-corrected chi connectivity index (χ1v) is 6.13. The van der Waals surface area contributed by atoms with Crippen molar-refractivity contribution in [2.75, 3.05) is 0 Å². The smallest absolute Gasteiger partial charge is 0.0672 e. The van der Waals surface area contributed by atoms with Crippen molar-refractivity contribution in [1.29, 1.82) is 5.26 Å². The predicted octanol–water partition coefficient (Wildman–Crippen LogP) is 1.57. The van der Waals surface area contributed by atoms with Gasteiger partial charge in [0.15, 0.2) is 0 Å². The van der Waals surface area contributed by atoms with E-state index in [1.807, 2.05) is 0 Å². The molecule has 0 aliphatic heterocycles. The molecule has 0 bridgehead atoms. The fraction of sp³-hybridized carbons (Fsp3) is 0.917. The van der Waals surface area contributed by atoms with Crippen molar-refractivity contribution in [3.8, 4) is 6.07 Å². The van der Waals surface area contributed by atoms with Crippen molar-refractivity contribution in [2.24, 2.45) is 5.92 Å². The van der Waals surface area contributed by atoms with Gasteiger partial charge in [-0.25, -0.2) is 0 Å². The van der Waals surface area contributed by atoms with E-state index in [1.165, 1.54) is 6.42 Å². The molecule has 3 heteroatoms. The Labute approximate surface area is 91.5 Å². The highest BCUT2D eigenvalue weighted by Gasteiger charge is 2.30. The molecule has 2 unspecified atom stereocenters. The number of aliphatic hydroxyl groups excluding tert-OH is 1. The lowest BCUT2D eigenvalue weighted by atomic mass is 9.91. The molecule has 0 heterocycles. The maximum absolute atomic E-state index is 9.41. The molecular formula is C12H20N2O. The van der Waals surface area contributed by atoms with Crippen LogP contribution in [0.25, 0.3) is 0 Å². The number of rotatable bonds is 2. The van der Waals surface area contributed by atoms with Crippen molar-refractivity contribution in [1.82, 2.24) is 5.32 Å². The first-order valence-electron chi connectivity index (χ1n) is 6.13. The van der Waals surface area contributed by atoms with Crippen LogP contribution in [0.3, 0.4) is 0 Å². The lowest BCUT2D eigenvalue weighted by Gasteiger charge is -2.29. The summed E-state index contributed by atoms with van der Waals surface area (Å²) in [5, 5.41) is 22.0. The summed E-state index contributed by atoms with van der Waals surface area (Å²) in [6, 6.07) is 3.35. The van der Waals surface area contributed by atoms with Crippen LogP contribution >= 0.6 is 0 Å². The van der Waals surface area contributed by atoms with Gasteiger partial charge in [0.2, 0.25) is 0 Å². The molecule has 2 N–H and O–H groups in total. The molecule has 2 fully saturated rings. The normalized spacial score (nSPS) is 41.3. The number of hydrogen-bond donors (Lipinski definition) is 2. The molecule has 2 saturated carbocycles. The highest BCUT2D eigenvalue weighted by molar-refractivity contribution is 4.97. The van der Waals surface area contributed by atoms with E-state index < -0.39 is 0 Å². The van der Waals surface area contributed by atoms with Crippen LogP contribution in [0.15, 0.2) is 0 Å². The summed E-state index contributed by atoms with van der Waals surface area (Å²) in [5.74, 6) is 0.219. The maximum atomic E-state index is 9.41. The summed E-state index contributed by atoms with van der Waals surface area (Å²) in [6.45, 7) is 0. The van der Waals surface area contributed by atoms with Gasteiger partial charge < -0.3 is 10.4 Å². The van der Waals surface area contributed by atoms with Crippen molar-refractivity contribution < 1.29 is 5.11 Å². The second-order valence-corrected chi connectivity index (χ2v) is 4.95. The zero-order chi connectivity index (χ0) is 10.7. The lowest BCUT2D eigenvalue weighted by Crippen LogP contribution is -2.42. The van der Waals surface area contributed by atoms with Crippen LogP contribution in [0.1, 0.15) is 44.9 Å². The van der Waals surface area contributed by atoms with Crippen LogP contribution in [-0.2, 0) is 0 Å². The van der Waals surface area contributed by atoms with Crippen LogP contribution in [0, 0.1) is 17.2 Å². The van der Waals surface area contributed by atoms with E-state index in [-0.39, 0.29) is 12.0 Å². The van der Waals surface area contributed by atoms with Gasteiger partial charge in [0, 0.05) is 12.1 Å². The molecule has 0 aromatic carbocycles. The van der Waals surface area contributed by atoms with Gasteiger partial charge in [-0.1, -0.05) is 6.42 Å². The van der Waals surface area contributed by atoms with Gasteiger partial charge in [0.1, 0.15) is 0 Å². The highest BCUT2D eigenvalue weighted by Crippen LogP contribution is 2.27. The standard InChI is InChI=1S/C12H20N2O/c13-8-9-2-1-3-12(9)14-10-4-6-11(15)7-5-10/h9-12,14-15H,1-7H2. The molecule has 0 radical (unpaired) electrons. The second-order valence-electron chi connectivity index (χ2n) is 4.95. The van der Waals surface area contributed by atoms with Crippen molar-refractivity contribution in [3.05, 3.63) is 0 Å². The Morgan fingerprint density at radius 3 is 2.47 bits per heavy atom. The SMILES string of the molecule is N#CC1CCCC1NC1CCC(O)CC1. The fourth-order valence-corrected chi connectivity index (χ4v) is 2.86. The quantitative estimate of drug-likeness (QED) is 0.724. The minimum absolute atomic E-state index is 0.0848. The molecule has 0 saturated heterocycles. The molecule has 84 valence electrons. The van der Waals surface area contributed by atoms with Gasteiger partial charge in [-0.2, -0.15) is 5.26 Å². The summed E-state index contributed by atoms with van der Waals surface area (Å²) >= 11 is 0. The van der Waals surface area contributed by atoms with Gasteiger partial charge in [-0.05, 0) is 38.5 Å². The number of nitrogens with zero attached hydrogens (tertiary/aromatic N) is 1. The Bertz CT molecular complexity index is 240. The number of nitrogens with one attached hydrogen (secondary N) is 1. The third kappa shape index (κ3) is 2.70. The van der Waals surface area contributed by atoms with Crippen molar-refractivity contribution in [3.63, 3.8) is 0 Å². The minimum Gasteiger partial charge on any atom is -0.393 e. The van der Waals surface area contributed by atoms with Crippen LogP contribution in [-0.4, -0.2) is 23.3 Å². The Hall–Kier alpha value is -0.590. The molecule has 2 atom stereocenters. The van der Waals surface area contributed by atoms with E-state index in [4.69, 9.17) is 5.26 Å². The molecule has 3 nitrogen and oxygen atoms in total. The van der Waals surface area contributed by atoms with Gasteiger partial charge >= 0.3 is 0 Å². The zero-order valence-electron chi connectivity index (χ0n) is 9.15. The molecule has 15 heavy (non-hydrogen) atoms. The maximum Gasteiger partial charge on any atom is 0.0672 e. The Balaban J connectivity index is 1.79. The van der Waals surface area contributed by atoms with E-state index in [1.54, 1.807) is 0 Å². The molecule has 2 rings (SSSR count). The fourth-order valence-electron chi connectivity index (χ4n) is 2.86. The molecular weight excluding hydrogens is 188 g/mol. The Morgan fingerprint density at radius 1 is 1.07 bits per heavy atom. The summed E-state index contributed by atoms with van der Waals surface area (Å²) < 4.78 is 0. The van der Waals surface area contributed by atoms with Crippen LogP contribution in [0.2, 0.25) is 0 Å². The summed E-state index contributed by atoms with van der Waals surface area (Å²) in [7, 11) is 0. The van der Waals surface area contributed by atoms with E-state index >= 15 is 0 Å². The summed E-state index contributed by atoms with van der Waals surface area (Å²) in [5.41, 5.74) is 0. The van der Waals surface area contributed by atoms with Crippen molar-refractivity contribution in [2.45, 2.75) is 63.1 Å². The number of hydrogen-bond acceptors (Lipinski definition) is 3. The highest BCUT2D eigenvalue weighted by atomic mass is 16.3. The van der Waals surface area contributed by atoms with Gasteiger partial charge in [-0.15, -0.1) is 0 Å². The largest absolute Gasteiger partial charge is 0.393 e. The molecule has 0 aromatic heterocycles. The van der Waals surface area contributed by atoms with E-state index in [0.717, 1.165) is 38.5 Å². The first kappa shape index (κ1) is 10.9. The molecule has 2 aliphatic carbocycles. The predicted molar refractivity (Wildman–Crippen MR) is 58.1 cm³/mol. The lowest BCUT2D eigenvalue weighted by molar-refractivity contribution is 0.113. The molecule has 0 amide bonds. The third-order valence-electron chi connectivity index (χ3n) is 3.83. The van der Waals surface area contributed by atoms with Gasteiger partial charge in [0.05, 0.1) is 18.1 Å². The van der Waals surface area contributed by atoms with Crippen LogP contribution in [0.5, 0.6) is 0 Å². The number of nitriles is 1. The summed E-state index contributed by atoms with van der Waals surface area (Å²) in [4.78, 5) is 0. The van der Waals surface area contributed by atoms with Crippen molar-refractivity contribution >= 4 is 0 Å². The van der Waals surface area contributed by atoms with Gasteiger partial charge in [-0.3, -0.25) is 0 Å². The first-order chi connectivity index (χ1) is 7.29. The zero-order valence-corrected chi connectivity index (χ0v) is 9.15. The summed E-state index contributed by atoms with van der Waals surface area (Å²) in [6.07, 6.45) is 7.28. The monoisotopic (exact) mass is 208 g/mol. The average molecular weight is 208 g/mol. The third-order valence-corrected chi connectivity index (χ3v) is 3.83. The Morgan fingerprint density at radius 2 is 1.80 bits per heavy atom. The Kier molecular flexibility index (Phi) is 3.61. The topological polar surface area (TPSA) is 56.0 Å². The molecule has 0 aromatic rings. The van der Waals surface area contributed by atoms with Crippen LogP contribution in [0.4, 0.5) is 0 Å². The van der Waals surface area contributed by atoms with E-state index in [9.17, 15) is 5.11 Å². The molecule has 2 aliphatic rings. The number of aliphatic hydroxyl groups is 1. The van der Waals surface area contributed by atoms with Crippen LogP contribution < -0.4 is 5.32 Å². The van der Waals surface area contributed by atoms with E-state index in [0.29, 0.717) is 12.1 Å². The van der Waals surface area contributed by atoms with Gasteiger partial charge in [0.25, 0.3) is 0 Å².